The van der Waals surface area contributed by atoms with Gasteiger partial charge in [-0.3, -0.25) is 4.79 Å². The van der Waals surface area contributed by atoms with Crippen molar-refractivity contribution in [3.8, 4) is 0 Å². The lowest BCUT2D eigenvalue weighted by Gasteiger charge is -2.41. The second kappa shape index (κ2) is 8.10. The van der Waals surface area contributed by atoms with E-state index in [0.29, 0.717) is 44.4 Å². The highest BCUT2D eigenvalue weighted by molar-refractivity contribution is 5.79. The van der Waals surface area contributed by atoms with Crippen molar-refractivity contribution in [3.63, 3.8) is 0 Å². The monoisotopic (exact) mass is 427 g/mol. The predicted molar refractivity (Wildman–Crippen MR) is 115 cm³/mol. The number of aliphatic hydroxyl groups excluding tert-OH is 1. The van der Waals surface area contributed by atoms with Crippen LogP contribution in [0, 0.1) is 11.8 Å². The number of aliphatic hydroxyl groups is 1. The van der Waals surface area contributed by atoms with Gasteiger partial charge in [-0.1, -0.05) is 24.3 Å². The van der Waals surface area contributed by atoms with E-state index in [1.54, 1.807) is 0 Å². The summed E-state index contributed by atoms with van der Waals surface area (Å²) in [4.78, 5) is 27.2. The summed E-state index contributed by atoms with van der Waals surface area (Å²) in [6, 6.07) is 8.25. The van der Waals surface area contributed by atoms with Crippen LogP contribution in [-0.4, -0.2) is 52.8 Å². The summed E-state index contributed by atoms with van der Waals surface area (Å²) < 4.78 is 6.03. The first-order chi connectivity index (χ1) is 15.0. The van der Waals surface area contributed by atoms with Crippen LogP contribution < -0.4 is 10.6 Å². The topological polar surface area (TPSA) is 90.9 Å². The van der Waals surface area contributed by atoms with E-state index >= 15 is 0 Å². The second-order valence-corrected chi connectivity index (χ2v) is 10.1. The first-order valence-electron chi connectivity index (χ1n) is 11.7. The van der Waals surface area contributed by atoms with Crippen molar-refractivity contribution < 1.29 is 19.4 Å². The van der Waals surface area contributed by atoms with Gasteiger partial charge in [0.1, 0.15) is 5.60 Å². The fraction of sp³-hybridized carbons (Fsp3) is 0.667. The molecular weight excluding hydrogens is 394 g/mol. The third-order valence-electron chi connectivity index (χ3n) is 7.91. The van der Waals surface area contributed by atoms with E-state index in [1.165, 1.54) is 11.1 Å². The number of benzene rings is 1. The zero-order valence-electron chi connectivity index (χ0n) is 18.1. The molecule has 168 valence electrons. The smallest absolute Gasteiger partial charge is 0.407 e. The van der Waals surface area contributed by atoms with Crippen LogP contribution in [0.2, 0.25) is 0 Å². The lowest BCUT2D eigenvalue weighted by Crippen LogP contribution is -2.53. The Morgan fingerprint density at radius 2 is 1.90 bits per heavy atom. The number of hydrogen-bond donors (Lipinski definition) is 3. The lowest BCUT2D eigenvalue weighted by molar-refractivity contribution is -0.131. The fourth-order valence-corrected chi connectivity index (χ4v) is 6.72. The van der Waals surface area contributed by atoms with Crippen LogP contribution in [0.1, 0.15) is 56.1 Å². The van der Waals surface area contributed by atoms with Gasteiger partial charge in [0.25, 0.3) is 0 Å². The number of hydrogen-bond acceptors (Lipinski definition) is 5. The highest BCUT2D eigenvalue weighted by Gasteiger charge is 2.66. The molecule has 1 heterocycles. The summed E-state index contributed by atoms with van der Waals surface area (Å²) in [6.07, 6.45) is 6.01. The van der Waals surface area contributed by atoms with Gasteiger partial charge in [0, 0.05) is 44.1 Å². The van der Waals surface area contributed by atoms with Crippen LogP contribution in [0.25, 0.3) is 0 Å². The Morgan fingerprint density at radius 3 is 2.65 bits per heavy atom. The van der Waals surface area contributed by atoms with Crippen molar-refractivity contribution in [3.05, 3.63) is 35.4 Å². The molecule has 1 aromatic carbocycles. The average molecular weight is 428 g/mol. The molecule has 3 N–H and O–H groups in total. The molecule has 4 atom stereocenters. The van der Waals surface area contributed by atoms with Crippen LogP contribution in [0.5, 0.6) is 0 Å². The van der Waals surface area contributed by atoms with E-state index in [1.807, 2.05) is 17.0 Å². The molecular formula is C24H33N3O4. The van der Waals surface area contributed by atoms with Crippen LogP contribution in [0.3, 0.4) is 0 Å². The summed E-state index contributed by atoms with van der Waals surface area (Å²) in [6.45, 7) is 2.40. The molecule has 4 fully saturated rings. The quantitative estimate of drug-likeness (QED) is 0.554. The maximum Gasteiger partial charge on any atom is 0.407 e. The number of rotatable bonds is 8. The van der Waals surface area contributed by atoms with Gasteiger partial charge in [-0.2, -0.15) is 0 Å². The van der Waals surface area contributed by atoms with E-state index in [0.717, 1.165) is 38.5 Å². The molecule has 7 heteroatoms. The molecule has 5 aliphatic rings. The number of unbranched alkanes of at least 4 members (excludes halogenated alkanes) is 1. The molecule has 4 bridgehead atoms. The third kappa shape index (κ3) is 3.94. The molecule has 1 aromatic rings. The summed E-state index contributed by atoms with van der Waals surface area (Å²) >= 11 is 0. The molecule has 0 aromatic heterocycles. The fourth-order valence-electron chi connectivity index (χ4n) is 6.72. The third-order valence-corrected chi connectivity index (χ3v) is 7.91. The van der Waals surface area contributed by atoms with Gasteiger partial charge in [0.05, 0.1) is 6.54 Å². The predicted octanol–water partition coefficient (Wildman–Crippen LogP) is 2.32. The second-order valence-electron chi connectivity index (χ2n) is 10.1. The van der Waals surface area contributed by atoms with Gasteiger partial charge < -0.3 is 25.4 Å². The van der Waals surface area contributed by atoms with Crippen LogP contribution >= 0.6 is 0 Å². The standard InChI is InChI=1S/C24H33N3O4/c28-8-4-3-7-25-22(30)31-24-11-17-9-20(24)12-23(10-17,16-24)26-13-21(29)27-14-18-5-1-2-6-19(18)15-27/h1-2,5-6,17,20,26,28H,3-4,7-16H2,(H,25,30). The molecule has 0 radical (unpaired) electrons. The maximum absolute atomic E-state index is 12.9. The van der Waals surface area contributed by atoms with E-state index in [9.17, 15) is 9.59 Å². The largest absolute Gasteiger partial charge is 0.443 e. The van der Waals surface area contributed by atoms with E-state index in [4.69, 9.17) is 9.84 Å². The molecule has 4 aliphatic carbocycles. The van der Waals surface area contributed by atoms with Gasteiger partial charge in [-0.25, -0.2) is 4.79 Å². The van der Waals surface area contributed by atoms with Crippen molar-refractivity contribution in [2.75, 3.05) is 19.7 Å². The zero-order valence-corrected chi connectivity index (χ0v) is 18.1. The SMILES string of the molecule is O=C(NCCCCO)OC12CC3CC1CC(NCC(=O)N1Cc4ccccc4C1)(C3)C2. The summed E-state index contributed by atoms with van der Waals surface area (Å²) in [5, 5.41) is 15.3. The zero-order chi connectivity index (χ0) is 21.5. The van der Waals surface area contributed by atoms with Crippen LogP contribution in [0.4, 0.5) is 4.79 Å². The first-order valence-corrected chi connectivity index (χ1v) is 11.7. The molecule has 0 spiro atoms. The van der Waals surface area contributed by atoms with Crippen molar-refractivity contribution >= 4 is 12.0 Å². The number of carbonyl (C=O) groups is 2. The number of carbonyl (C=O) groups excluding carboxylic acids is 2. The Labute approximate surface area is 183 Å². The minimum atomic E-state index is -0.385. The van der Waals surface area contributed by atoms with Crippen molar-refractivity contribution in [2.45, 2.75) is 69.2 Å². The number of ether oxygens (including phenoxy) is 1. The maximum atomic E-state index is 12.9. The van der Waals surface area contributed by atoms with Crippen molar-refractivity contribution in [1.29, 1.82) is 0 Å². The Kier molecular flexibility index (Phi) is 5.42. The molecule has 4 unspecified atom stereocenters. The van der Waals surface area contributed by atoms with E-state index in [-0.39, 0.29) is 29.7 Å². The van der Waals surface area contributed by atoms with Crippen LogP contribution in [-0.2, 0) is 22.6 Å². The minimum absolute atomic E-state index is 0.0920. The van der Waals surface area contributed by atoms with E-state index < -0.39 is 0 Å². The Balaban J connectivity index is 1.16. The highest BCUT2D eigenvalue weighted by Crippen LogP contribution is 2.63. The Hall–Kier alpha value is -2.12. The minimum Gasteiger partial charge on any atom is -0.443 e. The summed E-state index contributed by atoms with van der Waals surface area (Å²) in [7, 11) is 0. The van der Waals surface area contributed by atoms with Gasteiger partial charge >= 0.3 is 6.09 Å². The van der Waals surface area contributed by atoms with Crippen LogP contribution in [0.15, 0.2) is 24.3 Å². The normalized spacial score (nSPS) is 32.4. The van der Waals surface area contributed by atoms with Gasteiger partial charge in [-0.05, 0) is 55.6 Å². The van der Waals surface area contributed by atoms with E-state index in [2.05, 4.69) is 22.8 Å². The summed E-state index contributed by atoms with van der Waals surface area (Å²) in [5.74, 6) is 1.09. The molecule has 31 heavy (non-hydrogen) atoms. The number of fused-ring (bicyclic) bond motifs is 1. The number of nitrogens with zero attached hydrogens (tertiary/aromatic N) is 1. The number of nitrogens with one attached hydrogen (secondary N) is 2. The number of amides is 2. The van der Waals surface area contributed by atoms with Crippen molar-refractivity contribution in [1.82, 2.24) is 15.5 Å². The Morgan fingerprint density at radius 1 is 1.13 bits per heavy atom. The van der Waals surface area contributed by atoms with Gasteiger partial charge in [0.15, 0.2) is 0 Å². The molecule has 1 aliphatic heterocycles. The summed E-state index contributed by atoms with van der Waals surface area (Å²) in [5.41, 5.74) is 2.01. The van der Waals surface area contributed by atoms with Gasteiger partial charge in [0.2, 0.25) is 5.91 Å². The average Bonchev–Trinajstić information content (AvgIpc) is 3.34. The van der Waals surface area contributed by atoms with Crippen molar-refractivity contribution in [2.24, 2.45) is 11.8 Å². The Bertz CT molecular complexity index is 836. The van der Waals surface area contributed by atoms with Gasteiger partial charge in [-0.15, -0.1) is 0 Å². The lowest BCUT2D eigenvalue weighted by atomic mass is 9.75. The highest BCUT2D eigenvalue weighted by atomic mass is 16.6. The molecule has 2 amide bonds. The first kappa shape index (κ1) is 20.8. The molecule has 4 saturated carbocycles. The number of alkyl carbamates (subject to hydrolysis) is 1. The molecule has 0 saturated heterocycles. The molecule has 6 rings (SSSR count). The molecule has 7 nitrogen and oxygen atoms in total.